The average molecular weight is 385 g/mol. The number of fused-ring (bicyclic) bond motifs is 1. The monoisotopic (exact) mass is 385 g/mol. The molecule has 2 N–H and O–H groups in total. The maximum Gasteiger partial charge on any atom is 0.417 e. The number of ether oxygens (including phenoxy) is 1. The van der Waals surface area contributed by atoms with Crippen LogP contribution in [0, 0.1) is 0 Å². The van der Waals surface area contributed by atoms with Crippen LogP contribution in [0.5, 0.6) is 0 Å². The second-order valence-electron chi connectivity index (χ2n) is 8.64. The van der Waals surface area contributed by atoms with Gasteiger partial charge in [0.25, 0.3) is 0 Å². The van der Waals surface area contributed by atoms with Gasteiger partial charge in [-0.15, -0.1) is 0 Å². The van der Waals surface area contributed by atoms with Crippen LogP contribution < -0.4 is 11.1 Å². The van der Waals surface area contributed by atoms with Crippen LogP contribution in [0.1, 0.15) is 44.1 Å². The summed E-state index contributed by atoms with van der Waals surface area (Å²) in [5.41, 5.74) is 1.44. The molecule has 0 radical (unpaired) electrons. The predicted octanol–water partition coefficient (Wildman–Crippen LogP) is 1.91. The van der Waals surface area contributed by atoms with Crippen molar-refractivity contribution in [2.75, 3.05) is 32.8 Å². The molecule has 2 saturated heterocycles. The molecule has 3 aliphatic rings. The lowest BCUT2D eigenvalue weighted by Gasteiger charge is -2.41. The van der Waals surface area contributed by atoms with E-state index in [0.29, 0.717) is 24.3 Å². The van der Waals surface area contributed by atoms with Gasteiger partial charge < -0.3 is 19.4 Å². The number of carbonyl (C=O) groups excluding carboxylic acids is 1. The summed E-state index contributed by atoms with van der Waals surface area (Å²) in [6.45, 7) is 4.54. The minimum Gasteiger partial charge on any atom is -0.408 e. The largest absolute Gasteiger partial charge is 0.417 e. The quantitative estimate of drug-likeness (QED) is 0.821. The zero-order valence-electron chi connectivity index (χ0n) is 16.1. The van der Waals surface area contributed by atoms with Crippen molar-refractivity contribution in [2.24, 2.45) is 0 Å². The van der Waals surface area contributed by atoms with E-state index in [4.69, 9.17) is 9.15 Å². The van der Waals surface area contributed by atoms with Crippen molar-refractivity contribution in [3.05, 3.63) is 34.3 Å². The van der Waals surface area contributed by atoms with Crippen molar-refractivity contribution in [1.29, 1.82) is 0 Å². The lowest BCUT2D eigenvalue weighted by atomic mass is 9.86. The molecule has 7 heteroatoms. The van der Waals surface area contributed by atoms with Crippen LogP contribution in [0.3, 0.4) is 0 Å². The van der Waals surface area contributed by atoms with Gasteiger partial charge in [0.15, 0.2) is 5.58 Å². The van der Waals surface area contributed by atoms with Gasteiger partial charge >= 0.3 is 5.76 Å². The number of likely N-dealkylation sites (tertiary alicyclic amines) is 1. The van der Waals surface area contributed by atoms with Crippen molar-refractivity contribution >= 4 is 17.0 Å². The molecule has 2 aliphatic heterocycles. The number of oxazole rings is 1. The molecule has 1 aromatic heterocycles. The predicted molar refractivity (Wildman–Crippen MR) is 104 cm³/mol. The van der Waals surface area contributed by atoms with Crippen molar-refractivity contribution in [2.45, 2.75) is 49.5 Å². The van der Waals surface area contributed by atoms with E-state index >= 15 is 0 Å². The number of aromatic amines is 1. The Morgan fingerprint density at radius 2 is 1.89 bits per heavy atom. The number of hydrogen-bond acceptors (Lipinski definition) is 5. The number of benzene rings is 1. The smallest absolute Gasteiger partial charge is 0.408 e. The minimum atomic E-state index is -0.487. The van der Waals surface area contributed by atoms with Crippen LogP contribution in [0.25, 0.3) is 11.1 Å². The molecular weight excluding hydrogens is 358 g/mol. The molecule has 3 heterocycles. The molecule has 28 heavy (non-hydrogen) atoms. The van der Waals surface area contributed by atoms with Gasteiger partial charge in [-0.2, -0.15) is 0 Å². The molecular formula is C21H27N3O4. The zero-order chi connectivity index (χ0) is 19.2. The molecule has 1 saturated carbocycles. The molecule has 150 valence electrons. The standard InChI is InChI=1S/C21H27N3O4/c25-18(23-20(7-11-27-12-8-20)14-24-9-1-2-10-24)21(5-6-21)15-3-4-17-16(13-15)22-19(26)28-17/h3-4,13H,1-2,5-12,14H2,(H,22,26)(H,23,25). The highest BCUT2D eigenvalue weighted by atomic mass is 16.5. The maximum absolute atomic E-state index is 13.5. The molecule has 0 atom stereocenters. The van der Waals surface area contributed by atoms with Crippen LogP contribution in [-0.2, 0) is 14.9 Å². The third-order valence-electron chi connectivity index (χ3n) is 6.71. The van der Waals surface area contributed by atoms with E-state index in [1.165, 1.54) is 12.8 Å². The van der Waals surface area contributed by atoms with Gasteiger partial charge in [0, 0.05) is 19.8 Å². The number of hydrogen-bond donors (Lipinski definition) is 2. The number of nitrogens with zero attached hydrogens (tertiary/aromatic N) is 1. The Kier molecular flexibility index (Phi) is 4.32. The SMILES string of the molecule is O=C(NC1(CN2CCCC2)CCOCC1)C1(c2ccc3oc(=O)[nH]c3c2)CC1. The molecule has 1 aliphatic carbocycles. The lowest BCUT2D eigenvalue weighted by Crippen LogP contribution is -2.59. The Morgan fingerprint density at radius 3 is 2.61 bits per heavy atom. The van der Waals surface area contributed by atoms with E-state index in [2.05, 4.69) is 15.2 Å². The van der Waals surface area contributed by atoms with Crippen molar-refractivity contribution in [3.63, 3.8) is 0 Å². The molecule has 7 nitrogen and oxygen atoms in total. The van der Waals surface area contributed by atoms with E-state index < -0.39 is 11.2 Å². The molecule has 0 spiro atoms. The normalized spacial score (nSPS) is 23.7. The summed E-state index contributed by atoms with van der Waals surface area (Å²) < 4.78 is 10.7. The van der Waals surface area contributed by atoms with Gasteiger partial charge in [-0.05, 0) is 69.3 Å². The molecule has 1 aromatic carbocycles. The van der Waals surface area contributed by atoms with Gasteiger partial charge in [0.2, 0.25) is 5.91 Å². The Labute approximate surface area is 163 Å². The van der Waals surface area contributed by atoms with Crippen LogP contribution in [-0.4, -0.2) is 54.2 Å². The fourth-order valence-electron chi connectivity index (χ4n) is 4.84. The summed E-state index contributed by atoms with van der Waals surface area (Å²) in [5.74, 6) is -0.355. The number of rotatable bonds is 5. The molecule has 0 bridgehead atoms. The Bertz CT molecular complexity index is 931. The van der Waals surface area contributed by atoms with Gasteiger partial charge in [-0.1, -0.05) is 6.07 Å². The lowest BCUT2D eigenvalue weighted by molar-refractivity contribution is -0.127. The first kappa shape index (κ1) is 17.9. The second-order valence-corrected chi connectivity index (χ2v) is 8.64. The zero-order valence-corrected chi connectivity index (χ0v) is 16.1. The van der Waals surface area contributed by atoms with Gasteiger partial charge in [-0.3, -0.25) is 9.78 Å². The first-order valence-electron chi connectivity index (χ1n) is 10.3. The highest BCUT2D eigenvalue weighted by Crippen LogP contribution is 2.49. The van der Waals surface area contributed by atoms with E-state index in [0.717, 1.165) is 50.9 Å². The summed E-state index contributed by atoms with van der Waals surface area (Å²) in [7, 11) is 0. The number of amides is 1. The minimum absolute atomic E-state index is 0.110. The summed E-state index contributed by atoms with van der Waals surface area (Å²) >= 11 is 0. The fourth-order valence-corrected chi connectivity index (χ4v) is 4.84. The van der Waals surface area contributed by atoms with E-state index in [-0.39, 0.29) is 11.4 Å². The highest BCUT2D eigenvalue weighted by Gasteiger charge is 2.53. The van der Waals surface area contributed by atoms with Crippen LogP contribution >= 0.6 is 0 Å². The Morgan fingerprint density at radius 1 is 1.14 bits per heavy atom. The Balaban J connectivity index is 1.39. The highest BCUT2D eigenvalue weighted by molar-refractivity contribution is 5.93. The molecule has 3 fully saturated rings. The molecule has 0 unspecified atom stereocenters. The van der Waals surface area contributed by atoms with Crippen molar-refractivity contribution < 1.29 is 13.9 Å². The first-order chi connectivity index (χ1) is 13.6. The Hall–Kier alpha value is -2.12. The number of H-pyrrole nitrogens is 1. The van der Waals surface area contributed by atoms with Gasteiger partial charge in [-0.25, -0.2) is 4.79 Å². The second kappa shape index (κ2) is 6.74. The summed E-state index contributed by atoms with van der Waals surface area (Å²) in [6.07, 6.45) is 5.88. The topological polar surface area (TPSA) is 87.6 Å². The van der Waals surface area contributed by atoms with Crippen molar-refractivity contribution in [3.8, 4) is 0 Å². The third-order valence-corrected chi connectivity index (χ3v) is 6.71. The van der Waals surface area contributed by atoms with Gasteiger partial charge in [0.05, 0.1) is 16.5 Å². The summed E-state index contributed by atoms with van der Waals surface area (Å²) in [5, 5.41) is 3.46. The van der Waals surface area contributed by atoms with Crippen LogP contribution in [0.2, 0.25) is 0 Å². The summed E-state index contributed by atoms with van der Waals surface area (Å²) in [6, 6.07) is 5.59. The van der Waals surface area contributed by atoms with Crippen molar-refractivity contribution in [1.82, 2.24) is 15.2 Å². The van der Waals surface area contributed by atoms with E-state index in [1.54, 1.807) is 6.07 Å². The van der Waals surface area contributed by atoms with E-state index in [9.17, 15) is 9.59 Å². The number of nitrogens with one attached hydrogen (secondary N) is 2. The average Bonchev–Trinajstić information content (AvgIpc) is 3.19. The number of carbonyl (C=O) groups is 1. The van der Waals surface area contributed by atoms with E-state index in [1.807, 2.05) is 12.1 Å². The van der Waals surface area contributed by atoms with Gasteiger partial charge in [0.1, 0.15) is 0 Å². The molecule has 5 rings (SSSR count). The molecule has 2 aromatic rings. The summed E-state index contributed by atoms with van der Waals surface area (Å²) in [4.78, 5) is 30.1. The van der Waals surface area contributed by atoms with Crippen LogP contribution in [0.4, 0.5) is 0 Å². The third kappa shape index (κ3) is 3.16. The fraction of sp³-hybridized carbons (Fsp3) is 0.619. The maximum atomic E-state index is 13.5. The number of aromatic nitrogens is 1. The van der Waals surface area contributed by atoms with Crippen LogP contribution in [0.15, 0.2) is 27.4 Å². The molecule has 1 amide bonds. The first-order valence-corrected chi connectivity index (χ1v) is 10.3.